The highest BCUT2D eigenvalue weighted by molar-refractivity contribution is 5.94. The summed E-state index contributed by atoms with van der Waals surface area (Å²) in [5, 5.41) is 0. The second kappa shape index (κ2) is 5.71. The molecule has 1 aromatic rings. The van der Waals surface area contributed by atoms with Crippen LogP contribution in [0.15, 0.2) is 24.3 Å². The number of amides is 1. The van der Waals surface area contributed by atoms with E-state index in [2.05, 4.69) is 0 Å². The molecule has 0 spiro atoms. The number of nitrogen functional groups attached to an aromatic ring is 1. The number of likely N-dealkylation sites (tertiary alicyclic amines) is 1. The molecule has 2 N–H and O–H groups in total. The fourth-order valence-electron chi connectivity index (χ4n) is 2.26. The first-order chi connectivity index (χ1) is 8.27. The Morgan fingerprint density at radius 2 is 1.47 bits per heavy atom. The summed E-state index contributed by atoms with van der Waals surface area (Å²) in [5.74, 6) is 0.145. The van der Waals surface area contributed by atoms with E-state index < -0.39 is 0 Å². The van der Waals surface area contributed by atoms with Gasteiger partial charge in [-0.25, -0.2) is 0 Å². The Balaban J connectivity index is 2.04. The van der Waals surface area contributed by atoms with Gasteiger partial charge in [0.2, 0.25) is 0 Å². The maximum atomic E-state index is 12.3. The topological polar surface area (TPSA) is 46.3 Å². The van der Waals surface area contributed by atoms with Gasteiger partial charge in [0.05, 0.1) is 0 Å². The third-order valence-electron chi connectivity index (χ3n) is 3.30. The van der Waals surface area contributed by atoms with Crippen molar-refractivity contribution in [3.63, 3.8) is 0 Å². The molecule has 0 radical (unpaired) electrons. The zero-order chi connectivity index (χ0) is 12.1. The van der Waals surface area contributed by atoms with Crippen molar-refractivity contribution in [3.8, 4) is 0 Å². The Morgan fingerprint density at radius 3 is 2.06 bits per heavy atom. The summed E-state index contributed by atoms with van der Waals surface area (Å²) in [6.07, 6.45) is 6.04. The number of anilines is 1. The first kappa shape index (κ1) is 12.0. The molecule has 17 heavy (non-hydrogen) atoms. The first-order valence-electron chi connectivity index (χ1n) is 6.42. The van der Waals surface area contributed by atoms with Crippen LogP contribution in [0, 0.1) is 0 Å². The van der Waals surface area contributed by atoms with Crippen molar-refractivity contribution in [2.24, 2.45) is 0 Å². The van der Waals surface area contributed by atoms with E-state index in [0.717, 1.165) is 31.5 Å². The highest BCUT2D eigenvalue weighted by Gasteiger charge is 2.16. The molecule has 0 bridgehead atoms. The molecular weight excluding hydrogens is 212 g/mol. The average molecular weight is 232 g/mol. The van der Waals surface area contributed by atoms with E-state index in [1.807, 2.05) is 17.0 Å². The molecule has 0 aromatic heterocycles. The van der Waals surface area contributed by atoms with Crippen LogP contribution in [0.4, 0.5) is 5.69 Å². The van der Waals surface area contributed by atoms with Crippen LogP contribution in [-0.2, 0) is 0 Å². The van der Waals surface area contributed by atoms with Crippen LogP contribution in [-0.4, -0.2) is 23.9 Å². The smallest absolute Gasteiger partial charge is 0.253 e. The van der Waals surface area contributed by atoms with Crippen molar-refractivity contribution < 1.29 is 4.79 Å². The van der Waals surface area contributed by atoms with E-state index in [1.165, 1.54) is 19.3 Å². The van der Waals surface area contributed by atoms with Crippen molar-refractivity contribution in [2.75, 3.05) is 18.8 Å². The van der Waals surface area contributed by atoms with Crippen molar-refractivity contribution in [2.45, 2.75) is 32.1 Å². The molecular formula is C14H20N2O. The van der Waals surface area contributed by atoms with E-state index in [-0.39, 0.29) is 5.91 Å². The van der Waals surface area contributed by atoms with Crippen molar-refractivity contribution in [1.82, 2.24) is 4.90 Å². The zero-order valence-electron chi connectivity index (χ0n) is 10.2. The molecule has 3 heteroatoms. The second-order valence-electron chi connectivity index (χ2n) is 4.68. The van der Waals surface area contributed by atoms with E-state index in [4.69, 9.17) is 5.73 Å². The number of hydrogen-bond donors (Lipinski definition) is 1. The number of nitrogens with zero attached hydrogens (tertiary/aromatic N) is 1. The fraction of sp³-hybridized carbons (Fsp3) is 0.500. The molecule has 0 atom stereocenters. The summed E-state index contributed by atoms with van der Waals surface area (Å²) in [5.41, 5.74) is 7.08. The molecule has 3 nitrogen and oxygen atoms in total. The van der Waals surface area contributed by atoms with Crippen LogP contribution in [0.5, 0.6) is 0 Å². The monoisotopic (exact) mass is 232 g/mol. The fourth-order valence-corrected chi connectivity index (χ4v) is 2.26. The minimum absolute atomic E-state index is 0.145. The molecule has 1 aromatic carbocycles. The lowest BCUT2D eigenvalue weighted by Crippen LogP contribution is -2.33. The number of hydrogen-bond acceptors (Lipinski definition) is 2. The predicted molar refractivity (Wildman–Crippen MR) is 69.8 cm³/mol. The van der Waals surface area contributed by atoms with Gasteiger partial charge in [0.1, 0.15) is 0 Å². The maximum absolute atomic E-state index is 12.3. The van der Waals surface area contributed by atoms with Gasteiger partial charge < -0.3 is 10.6 Å². The van der Waals surface area contributed by atoms with Crippen molar-refractivity contribution >= 4 is 11.6 Å². The summed E-state index contributed by atoms with van der Waals surface area (Å²) < 4.78 is 0. The van der Waals surface area contributed by atoms with Gasteiger partial charge in [-0.3, -0.25) is 4.79 Å². The molecule has 1 fully saturated rings. The standard InChI is InChI=1S/C14H20N2O/c15-13-8-6-12(7-9-13)14(17)16-10-4-2-1-3-5-11-16/h6-9H,1-5,10-11,15H2. The predicted octanol–water partition coefficient (Wildman–Crippen LogP) is 2.68. The molecule has 1 aliphatic rings. The Bertz CT molecular complexity index is 364. The molecule has 0 aliphatic carbocycles. The molecule has 0 unspecified atom stereocenters. The quantitative estimate of drug-likeness (QED) is 0.757. The van der Waals surface area contributed by atoms with Crippen LogP contribution in [0.1, 0.15) is 42.5 Å². The Morgan fingerprint density at radius 1 is 0.941 bits per heavy atom. The molecule has 2 rings (SSSR count). The van der Waals surface area contributed by atoms with Crippen LogP contribution in [0.2, 0.25) is 0 Å². The molecule has 1 amide bonds. The lowest BCUT2D eigenvalue weighted by atomic mass is 10.1. The highest BCUT2D eigenvalue weighted by Crippen LogP contribution is 2.14. The summed E-state index contributed by atoms with van der Waals surface area (Å²) in [4.78, 5) is 14.2. The van der Waals surface area contributed by atoms with Crippen molar-refractivity contribution in [1.29, 1.82) is 0 Å². The van der Waals surface area contributed by atoms with E-state index in [0.29, 0.717) is 5.69 Å². The van der Waals surface area contributed by atoms with E-state index in [9.17, 15) is 4.79 Å². The Labute approximate surface area is 103 Å². The molecule has 1 saturated heterocycles. The van der Waals surface area contributed by atoms with Gasteiger partial charge >= 0.3 is 0 Å². The van der Waals surface area contributed by atoms with Crippen LogP contribution in [0.25, 0.3) is 0 Å². The maximum Gasteiger partial charge on any atom is 0.253 e. The SMILES string of the molecule is Nc1ccc(C(=O)N2CCCCCCC2)cc1. The number of rotatable bonds is 1. The molecule has 1 heterocycles. The zero-order valence-corrected chi connectivity index (χ0v) is 10.2. The third kappa shape index (κ3) is 3.22. The lowest BCUT2D eigenvalue weighted by Gasteiger charge is -2.24. The van der Waals surface area contributed by atoms with Gasteiger partial charge in [-0.15, -0.1) is 0 Å². The summed E-state index contributed by atoms with van der Waals surface area (Å²) in [6.45, 7) is 1.78. The van der Waals surface area contributed by atoms with Crippen LogP contribution >= 0.6 is 0 Å². The van der Waals surface area contributed by atoms with E-state index in [1.54, 1.807) is 12.1 Å². The van der Waals surface area contributed by atoms with Crippen LogP contribution in [0.3, 0.4) is 0 Å². The molecule has 92 valence electrons. The third-order valence-corrected chi connectivity index (χ3v) is 3.30. The Kier molecular flexibility index (Phi) is 4.02. The first-order valence-corrected chi connectivity index (χ1v) is 6.42. The number of nitrogens with two attached hydrogens (primary N) is 1. The van der Waals surface area contributed by atoms with Gasteiger partial charge in [0.15, 0.2) is 0 Å². The molecule has 0 saturated carbocycles. The van der Waals surface area contributed by atoms with Gasteiger partial charge in [-0.1, -0.05) is 19.3 Å². The second-order valence-corrected chi connectivity index (χ2v) is 4.68. The largest absolute Gasteiger partial charge is 0.399 e. The normalized spacial score (nSPS) is 17.3. The minimum atomic E-state index is 0.145. The Hall–Kier alpha value is -1.51. The lowest BCUT2D eigenvalue weighted by molar-refractivity contribution is 0.0742. The highest BCUT2D eigenvalue weighted by atomic mass is 16.2. The van der Waals surface area contributed by atoms with E-state index >= 15 is 0 Å². The van der Waals surface area contributed by atoms with Gasteiger partial charge in [-0.2, -0.15) is 0 Å². The van der Waals surface area contributed by atoms with Gasteiger partial charge in [0.25, 0.3) is 5.91 Å². The molecule has 1 aliphatic heterocycles. The summed E-state index contributed by atoms with van der Waals surface area (Å²) >= 11 is 0. The van der Waals surface area contributed by atoms with Gasteiger partial charge in [0, 0.05) is 24.3 Å². The number of carbonyl (C=O) groups is 1. The van der Waals surface area contributed by atoms with Crippen LogP contribution < -0.4 is 5.73 Å². The number of carbonyl (C=O) groups excluding carboxylic acids is 1. The van der Waals surface area contributed by atoms with Gasteiger partial charge in [-0.05, 0) is 37.1 Å². The van der Waals surface area contributed by atoms with Crippen molar-refractivity contribution in [3.05, 3.63) is 29.8 Å². The summed E-state index contributed by atoms with van der Waals surface area (Å²) in [6, 6.07) is 7.21. The number of benzene rings is 1. The average Bonchev–Trinajstić information content (AvgIpc) is 2.29. The minimum Gasteiger partial charge on any atom is -0.399 e. The summed E-state index contributed by atoms with van der Waals surface area (Å²) in [7, 11) is 0.